The van der Waals surface area contributed by atoms with Gasteiger partial charge in [-0.2, -0.15) is 5.26 Å². The van der Waals surface area contributed by atoms with Crippen molar-refractivity contribution in [2.45, 2.75) is 13.3 Å². The summed E-state index contributed by atoms with van der Waals surface area (Å²) in [7, 11) is 0. The minimum absolute atomic E-state index is 0.0560. The van der Waals surface area contributed by atoms with Crippen LogP contribution in [0.1, 0.15) is 12.0 Å². The first-order valence-electron chi connectivity index (χ1n) is 5.16. The third-order valence-electron chi connectivity index (χ3n) is 2.00. The summed E-state index contributed by atoms with van der Waals surface area (Å²) < 4.78 is 18.3. The van der Waals surface area contributed by atoms with E-state index in [1.807, 2.05) is 6.07 Å². The van der Waals surface area contributed by atoms with E-state index < -0.39 is 5.82 Å². The minimum Gasteiger partial charge on any atom is -0.481 e. The highest BCUT2D eigenvalue weighted by atomic mass is 19.1. The summed E-state index contributed by atoms with van der Waals surface area (Å²) in [6, 6.07) is 6.33. The third-order valence-corrected chi connectivity index (χ3v) is 2.00. The molecule has 0 saturated heterocycles. The maximum absolute atomic E-state index is 13.2. The van der Waals surface area contributed by atoms with E-state index in [1.54, 1.807) is 13.0 Å². The van der Waals surface area contributed by atoms with Gasteiger partial charge in [-0.3, -0.25) is 4.79 Å². The molecule has 1 aromatic carbocycles. The van der Waals surface area contributed by atoms with Crippen molar-refractivity contribution >= 4 is 5.91 Å². The van der Waals surface area contributed by atoms with Crippen LogP contribution in [0.25, 0.3) is 0 Å². The fourth-order valence-electron chi connectivity index (χ4n) is 1.17. The largest absolute Gasteiger partial charge is 0.481 e. The van der Waals surface area contributed by atoms with Crippen LogP contribution in [-0.4, -0.2) is 19.1 Å². The van der Waals surface area contributed by atoms with E-state index in [9.17, 15) is 9.18 Å². The van der Waals surface area contributed by atoms with Gasteiger partial charge < -0.3 is 10.1 Å². The molecule has 0 aliphatic heterocycles. The Morgan fingerprint density at radius 2 is 2.35 bits per heavy atom. The Labute approximate surface area is 99.0 Å². The summed E-state index contributed by atoms with van der Waals surface area (Å²) in [4.78, 5) is 11.2. The molecule has 0 fully saturated rings. The number of carbonyl (C=O) groups excluding carboxylic acids is 1. The summed E-state index contributed by atoms with van der Waals surface area (Å²) in [6.45, 7) is 1.82. The lowest BCUT2D eigenvalue weighted by Gasteiger charge is -2.07. The van der Waals surface area contributed by atoms with Gasteiger partial charge in [-0.1, -0.05) is 6.07 Å². The molecule has 1 aromatic rings. The molecule has 1 rings (SSSR count). The highest BCUT2D eigenvalue weighted by molar-refractivity contribution is 5.77. The van der Waals surface area contributed by atoms with Gasteiger partial charge in [0.25, 0.3) is 5.91 Å². The van der Waals surface area contributed by atoms with Crippen LogP contribution < -0.4 is 10.1 Å². The molecule has 0 bridgehead atoms. The van der Waals surface area contributed by atoms with Crippen molar-refractivity contribution in [1.29, 1.82) is 5.26 Å². The van der Waals surface area contributed by atoms with E-state index in [0.717, 1.165) is 5.56 Å². The van der Waals surface area contributed by atoms with Crippen LogP contribution in [0.5, 0.6) is 5.75 Å². The zero-order valence-electron chi connectivity index (χ0n) is 9.50. The lowest BCUT2D eigenvalue weighted by molar-refractivity contribution is -0.123. The van der Waals surface area contributed by atoms with Gasteiger partial charge >= 0.3 is 0 Å². The molecular weight excluding hydrogens is 223 g/mol. The van der Waals surface area contributed by atoms with Gasteiger partial charge in [0.05, 0.1) is 12.5 Å². The summed E-state index contributed by atoms with van der Waals surface area (Å²) in [6.07, 6.45) is 0.241. The van der Waals surface area contributed by atoms with Crippen LogP contribution in [0.2, 0.25) is 0 Å². The van der Waals surface area contributed by atoms with E-state index >= 15 is 0 Å². The van der Waals surface area contributed by atoms with Crippen LogP contribution in [0.4, 0.5) is 4.39 Å². The lowest BCUT2D eigenvalue weighted by atomic mass is 10.2. The monoisotopic (exact) mass is 236 g/mol. The first-order valence-corrected chi connectivity index (χ1v) is 5.16. The number of benzene rings is 1. The normalized spacial score (nSPS) is 9.47. The van der Waals surface area contributed by atoms with Gasteiger partial charge in [-0.15, -0.1) is 0 Å². The number of aryl methyl sites for hydroxylation is 1. The van der Waals surface area contributed by atoms with Crippen molar-refractivity contribution in [2.24, 2.45) is 0 Å². The molecule has 0 spiro atoms. The van der Waals surface area contributed by atoms with Crippen molar-refractivity contribution in [3.05, 3.63) is 29.6 Å². The zero-order valence-corrected chi connectivity index (χ0v) is 9.50. The second kappa shape index (κ2) is 6.48. The Kier molecular flexibility index (Phi) is 4.95. The lowest BCUT2D eigenvalue weighted by Crippen LogP contribution is -2.29. The van der Waals surface area contributed by atoms with Gasteiger partial charge in [0.2, 0.25) is 0 Å². The molecule has 0 aromatic heterocycles. The summed E-state index contributed by atoms with van der Waals surface area (Å²) in [5, 5.41) is 10.8. The molecule has 90 valence electrons. The fourth-order valence-corrected chi connectivity index (χ4v) is 1.17. The third kappa shape index (κ3) is 4.51. The van der Waals surface area contributed by atoms with Gasteiger partial charge in [0.1, 0.15) is 0 Å². The molecule has 4 nitrogen and oxygen atoms in total. The van der Waals surface area contributed by atoms with Crippen molar-refractivity contribution < 1.29 is 13.9 Å². The van der Waals surface area contributed by atoms with E-state index in [0.29, 0.717) is 0 Å². The molecule has 1 N–H and O–H groups in total. The number of amides is 1. The van der Waals surface area contributed by atoms with Gasteiger partial charge in [0.15, 0.2) is 18.2 Å². The molecular formula is C12H13FN2O2. The van der Waals surface area contributed by atoms with Crippen LogP contribution in [0.3, 0.4) is 0 Å². The Hall–Kier alpha value is -2.09. The predicted octanol–water partition coefficient (Wildman–Crippen LogP) is 1.54. The van der Waals surface area contributed by atoms with E-state index in [4.69, 9.17) is 10.00 Å². The second-order valence-electron chi connectivity index (χ2n) is 3.48. The molecule has 0 unspecified atom stereocenters. The average molecular weight is 236 g/mol. The van der Waals surface area contributed by atoms with Crippen molar-refractivity contribution in [3.8, 4) is 11.8 Å². The standard InChI is InChI=1S/C12H13FN2O2/c1-9-3-4-10(13)11(7-9)17-8-12(16)15-6-2-5-14/h3-4,7H,2,6,8H2,1H3,(H,15,16). The fraction of sp³-hybridized carbons (Fsp3) is 0.333. The molecule has 0 aliphatic carbocycles. The number of nitrogens with zero attached hydrogens (tertiary/aromatic N) is 1. The van der Waals surface area contributed by atoms with Crippen LogP contribution >= 0.6 is 0 Å². The van der Waals surface area contributed by atoms with Gasteiger partial charge in [-0.25, -0.2) is 4.39 Å². The Morgan fingerprint density at radius 1 is 1.59 bits per heavy atom. The topological polar surface area (TPSA) is 62.1 Å². The minimum atomic E-state index is -0.500. The van der Waals surface area contributed by atoms with Crippen LogP contribution in [-0.2, 0) is 4.79 Å². The first kappa shape index (κ1) is 13.0. The zero-order chi connectivity index (χ0) is 12.7. The number of halogens is 1. The molecule has 5 heteroatoms. The molecule has 0 heterocycles. The highest BCUT2D eigenvalue weighted by Crippen LogP contribution is 2.17. The SMILES string of the molecule is Cc1ccc(F)c(OCC(=O)NCCC#N)c1. The summed E-state index contributed by atoms with van der Waals surface area (Å²) in [5.41, 5.74) is 0.853. The summed E-state index contributed by atoms with van der Waals surface area (Å²) >= 11 is 0. The Morgan fingerprint density at radius 3 is 3.06 bits per heavy atom. The molecule has 0 radical (unpaired) electrons. The Bertz CT molecular complexity index is 441. The van der Waals surface area contributed by atoms with E-state index in [-0.39, 0.29) is 31.2 Å². The van der Waals surface area contributed by atoms with Crippen molar-refractivity contribution in [2.75, 3.05) is 13.2 Å². The number of nitrogens with one attached hydrogen (secondary N) is 1. The average Bonchev–Trinajstić information content (AvgIpc) is 2.31. The maximum atomic E-state index is 13.2. The van der Waals surface area contributed by atoms with Crippen LogP contribution in [0, 0.1) is 24.1 Å². The highest BCUT2D eigenvalue weighted by Gasteiger charge is 2.06. The van der Waals surface area contributed by atoms with Gasteiger partial charge in [0, 0.05) is 6.54 Å². The quantitative estimate of drug-likeness (QED) is 0.789. The molecule has 0 saturated carbocycles. The summed E-state index contributed by atoms with van der Waals surface area (Å²) in [5.74, 6) is -0.818. The number of rotatable bonds is 5. The van der Waals surface area contributed by atoms with Gasteiger partial charge in [-0.05, 0) is 24.6 Å². The number of nitriles is 1. The number of carbonyl (C=O) groups is 1. The molecule has 0 aliphatic rings. The predicted molar refractivity (Wildman–Crippen MR) is 59.9 cm³/mol. The van der Waals surface area contributed by atoms with E-state index in [2.05, 4.69) is 5.32 Å². The molecule has 17 heavy (non-hydrogen) atoms. The maximum Gasteiger partial charge on any atom is 0.257 e. The smallest absolute Gasteiger partial charge is 0.257 e. The van der Waals surface area contributed by atoms with Crippen molar-refractivity contribution in [3.63, 3.8) is 0 Å². The molecule has 0 atom stereocenters. The molecule has 1 amide bonds. The van der Waals surface area contributed by atoms with E-state index in [1.165, 1.54) is 12.1 Å². The second-order valence-corrected chi connectivity index (χ2v) is 3.48. The number of hydrogen-bond donors (Lipinski definition) is 1. The Balaban J connectivity index is 2.42. The number of hydrogen-bond acceptors (Lipinski definition) is 3. The number of ether oxygens (including phenoxy) is 1. The van der Waals surface area contributed by atoms with Crippen molar-refractivity contribution in [1.82, 2.24) is 5.32 Å². The first-order chi connectivity index (χ1) is 8.13. The van der Waals surface area contributed by atoms with Crippen LogP contribution in [0.15, 0.2) is 18.2 Å².